The summed E-state index contributed by atoms with van der Waals surface area (Å²) in [5, 5.41) is 22.5. The maximum atomic E-state index is 12.3. The van der Waals surface area contributed by atoms with Gasteiger partial charge in [-0.05, 0) is 55.8 Å². The Morgan fingerprint density at radius 3 is 2.54 bits per heavy atom. The molecule has 2 amide bonds. The van der Waals surface area contributed by atoms with E-state index < -0.39 is 11.9 Å². The molecule has 3 aromatic rings. The Kier molecular flexibility index (Phi) is 10.1. The first-order valence-electron chi connectivity index (χ1n) is 11.9. The minimum absolute atomic E-state index is 0.00170. The van der Waals surface area contributed by atoms with Crippen molar-refractivity contribution in [1.82, 2.24) is 20.3 Å². The number of carbonyl (C=O) groups is 3. The number of rotatable bonds is 12. The summed E-state index contributed by atoms with van der Waals surface area (Å²) >= 11 is 0. The number of aromatic nitrogens is 3. The van der Waals surface area contributed by atoms with Crippen LogP contribution >= 0.6 is 0 Å². The minimum atomic E-state index is -1.12. The summed E-state index contributed by atoms with van der Waals surface area (Å²) in [6.07, 6.45) is 7.63. The lowest BCUT2D eigenvalue weighted by molar-refractivity contribution is -0.132. The zero-order chi connectivity index (χ0) is 28.2. The molecule has 1 heterocycles. The molecule has 0 aliphatic rings. The first-order chi connectivity index (χ1) is 18.8. The van der Waals surface area contributed by atoms with Gasteiger partial charge < -0.3 is 25.2 Å². The highest BCUT2D eigenvalue weighted by molar-refractivity contribution is 5.95. The summed E-state index contributed by atoms with van der Waals surface area (Å²) in [6, 6.07) is 14.2. The molecule has 1 aromatic heterocycles. The van der Waals surface area contributed by atoms with Gasteiger partial charge in [0.15, 0.2) is 11.5 Å². The molecular weight excluding hydrogens is 502 g/mol. The number of aliphatic carboxylic acids is 1. The van der Waals surface area contributed by atoms with Crippen LogP contribution in [0.5, 0.6) is 11.5 Å². The summed E-state index contributed by atoms with van der Waals surface area (Å²) in [7, 11) is 1.49. The molecule has 0 radical (unpaired) electrons. The highest BCUT2D eigenvalue weighted by atomic mass is 16.5. The maximum Gasteiger partial charge on any atom is 0.333 e. The molecule has 0 bridgehead atoms. The van der Waals surface area contributed by atoms with Crippen molar-refractivity contribution in [1.29, 1.82) is 0 Å². The fourth-order valence-electron chi connectivity index (χ4n) is 3.30. The predicted molar refractivity (Wildman–Crippen MR) is 145 cm³/mol. The van der Waals surface area contributed by atoms with E-state index in [0.29, 0.717) is 28.4 Å². The lowest BCUT2D eigenvalue weighted by Crippen LogP contribution is -2.22. The normalized spacial score (nSPS) is 11.8. The van der Waals surface area contributed by atoms with E-state index in [1.54, 1.807) is 55.6 Å². The third kappa shape index (κ3) is 8.71. The van der Waals surface area contributed by atoms with E-state index in [9.17, 15) is 19.5 Å². The van der Waals surface area contributed by atoms with Gasteiger partial charge in [0.2, 0.25) is 11.8 Å². The molecule has 202 valence electrons. The lowest BCUT2D eigenvalue weighted by atomic mass is 10.1. The Morgan fingerprint density at radius 2 is 1.85 bits per heavy atom. The molecule has 2 aromatic carbocycles. The van der Waals surface area contributed by atoms with Crippen LogP contribution in [0.15, 0.2) is 84.2 Å². The summed E-state index contributed by atoms with van der Waals surface area (Å²) in [4.78, 5) is 35.7. The van der Waals surface area contributed by atoms with Gasteiger partial charge in [0.25, 0.3) is 0 Å². The van der Waals surface area contributed by atoms with Gasteiger partial charge in [-0.15, -0.1) is 5.10 Å². The van der Waals surface area contributed by atoms with Gasteiger partial charge in [-0.25, -0.2) is 9.48 Å². The molecule has 11 heteroatoms. The van der Waals surface area contributed by atoms with Crippen molar-refractivity contribution in [3.8, 4) is 11.5 Å². The van der Waals surface area contributed by atoms with Crippen LogP contribution in [0.3, 0.4) is 0 Å². The molecule has 0 fully saturated rings. The van der Waals surface area contributed by atoms with Crippen LogP contribution in [0.25, 0.3) is 6.08 Å². The molecule has 0 unspecified atom stereocenters. The Morgan fingerprint density at radius 1 is 1.08 bits per heavy atom. The van der Waals surface area contributed by atoms with Crippen LogP contribution in [0.2, 0.25) is 0 Å². The molecule has 39 heavy (non-hydrogen) atoms. The second kappa shape index (κ2) is 13.9. The number of hydrogen-bond acceptors (Lipinski definition) is 7. The fourth-order valence-corrected chi connectivity index (χ4v) is 3.30. The van der Waals surface area contributed by atoms with Crippen LogP contribution in [0.1, 0.15) is 25.1 Å². The van der Waals surface area contributed by atoms with Gasteiger partial charge in [0.1, 0.15) is 18.8 Å². The average Bonchev–Trinajstić information content (AvgIpc) is 3.37. The number of carbonyl (C=O) groups excluding carboxylic acids is 2. The van der Waals surface area contributed by atoms with Gasteiger partial charge in [-0.1, -0.05) is 35.6 Å². The SMILES string of the molecule is C/C=C\C(NC(=O)/C=C/c1ccc(OCc2cn(CC(=O)Nc3ccccc3)nn2)c(OC)c1)=C(/C)C(=O)O. The number of amides is 2. The van der Waals surface area contributed by atoms with E-state index in [2.05, 4.69) is 20.9 Å². The Labute approximate surface area is 225 Å². The zero-order valence-corrected chi connectivity index (χ0v) is 21.7. The van der Waals surface area contributed by atoms with Crippen LogP contribution in [0.4, 0.5) is 5.69 Å². The topological polar surface area (TPSA) is 145 Å². The van der Waals surface area contributed by atoms with E-state index in [0.717, 1.165) is 0 Å². The Balaban J connectivity index is 1.58. The van der Waals surface area contributed by atoms with Crippen LogP contribution < -0.4 is 20.1 Å². The van der Waals surface area contributed by atoms with Gasteiger partial charge in [-0.3, -0.25) is 9.59 Å². The predicted octanol–water partition coefficient (Wildman–Crippen LogP) is 3.57. The number of carboxylic acids is 1. The van der Waals surface area contributed by atoms with E-state index in [1.807, 2.05) is 18.2 Å². The number of hydrogen-bond donors (Lipinski definition) is 3. The second-order valence-electron chi connectivity index (χ2n) is 8.19. The third-order valence-corrected chi connectivity index (χ3v) is 5.26. The van der Waals surface area contributed by atoms with Crippen molar-refractivity contribution in [2.24, 2.45) is 0 Å². The molecule has 0 aliphatic heterocycles. The summed E-state index contributed by atoms with van der Waals surface area (Å²) < 4.78 is 12.7. The fraction of sp³-hybridized carbons (Fsp3) is 0.179. The molecule has 0 saturated heterocycles. The standard InChI is InChI=1S/C28H29N5O6/c1-4-8-23(19(2)28(36)37)30-26(34)14-12-20-11-13-24(25(15-20)38-3)39-18-22-16-33(32-31-22)17-27(35)29-21-9-6-5-7-10-21/h4-16H,17-18H2,1-3H3,(H,29,35)(H,30,34)(H,36,37)/b8-4-,14-12+,23-19-. The quantitative estimate of drug-likeness (QED) is 0.238. The first-order valence-corrected chi connectivity index (χ1v) is 11.9. The molecule has 0 spiro atoms. The number of carboxylic acid groups (broad SMARTS) is 1. The van der Waals surface area contributed by atoms with Gasteiger partial charge in [0, 0.05) is 11.8 Å². The van der Waals surface area contributed by atoms with Gasteiger partial charge in [-0.2, -0.15) is 0 Å². The molecule has 11 nitrogen and oxygen atoms in total. The van der Waals surface area contributed by atoms with Crippen molar-refractivity contribution in [2.75, 3.05) is 12.4 Å². The Bertz CT molecular complexity index is 1410. The molecular formula is C28H29N5O6. The largest absolute Gasteiger partial charge is 0.493 e. The molecule has 3 N–H and O–H groups in total. The van der Waals surface area contributed by atoms with Crippen LogP contribution in [-0.4, -0.2) is 45.0 Å². The number of allylic oxidation sites excluding steroid dienone is 2. The van der Waals surface area contributed by atoms with Crippen molar-refractivity contribution < 1.29 is 29.0 Å². The first kappa shape index (κ1) is 28.4. The summed E-state index contributed by atoms with van der Waals surface area (Å²) in [5.41, 5.74) is 2.10. The van der Waals surface area contributed by atoms with Crippen molar-refractivity contribution in [3.05, 3.63) is 95.5 Å². The minimum Gasteiger partial charge on any atom is -0.493 e. The van der Waals surface area contributed by atoms with E-state index in [-0.39, 0.29) is 30.3 Å². The monoisotopic (exact) mass is 531 g/mol. The average molecular weight is 532 g/mol. The summed E-state index contributed by atoms with van der Waals surface area (Å²) in [6.45, 7) is 3.23. The van der Waals surface area contributed by atoms with E-state index in [1.165, 1.54) is 30.9 Å². The molecule has 0 atom stereocenters. The number of nitrogens with one attached hydrogen (secondary N) is 2. The number of methoxy groups -OCH3 is 1. The van der Waals surface area contributed by atoms with Crippen molar-refractivity contribution in [3.63, 3.8) is 0 Å². The number of ether oxygens (including phenoxy) is 2. The zero-order valence-electron chi connectivity index (χ0n) is 21.7. The highest BCUT2D eigenvalue weighted by Gasteiger charge is 2.11. The number of anilines is 1. The highest BCUT2D eigenvalue weighted by Crippen LogP contribution is 2.29. The maximum absolute atomic E-state index is 12.3. The number of benzene rings is 2. The van der Waals surface area contributed by atoms with Gasteiger partial charge >= 0.3 is 5.97 Å². The van der Waals surface area contributed by atoms with Crippen molar-refractivity contribution in [2.45, 2.75) is 27.0 Å². The number of nitrogens with zero attached hydrogens (tertiary/aromatic N) is 3. The second-order valence-corrected chi connectivity index (χ2v) is 8.19. The molecule has 3 rings (SSSR count). The number of para-hydroxylation sites is 1. The van der Waals surface area contributed by atoms with Crippen molar-refractivity contribution >= 4 is 29.5 Å². The van der Waals surface area contributed by atoms with Crippen LogP contribution in [-0.2, 0) is 27.5 Å². The van der Waals surface area contributed by atoms with E-state index in [4.69, 9.17) is 9.47 Å². The third-order valence-electron chi connectivity index (χ3n) is 5.26. The molecule has 0 saturated carbocycles. The van der Waals surface area contributed by atoms with Gasteiger partial charge in [0.05, 0.1) is 24.6 Å². The smallest absolute Gasteiger partial charge is 0.333 e. The van der Waals surface area contributed by atoms with Crippen LogP contribution in [0, 0.1) is 0 Å². The molecule has 0 aliphatic carbocycles. The van der Waals surface area contributed by atoms with E-state index >= 15 is 0 Å². The Hall–Kier alpha value is -5.19. The summed E-state index contributed by atoms with van der Waals surface area (Å²) in [5.74, 6) is -0.953. The lowest BCUT2D eigenvalue weighted by Gasteiger charge is -2.10.